The summed E-state index contributed by atoms with van der Waals surface area (Å²) >= 11 is 0. The molecule has 0 fully saturated rings. The molecule has 0 heterocycles. The number of carbonyl (C=O) groups excluding carboxylic acids is 2. The number of amides is 2. The van der Waals surface area contributed by atoms with E-state index in [0.29, 0.717) is 11.4 Å². The van der Waals surface area contributed by atoms with Crippen LogP contribution in [0.2, 0.25) is 0 Å². The van der Waals surface area contributed by atoms with Crippen molar-refractivity contribution < 1.29 is 9.59 Å². The Morgan fingerprint density at radius 1 is 1.19 bits per heavy atom. The second-order valence-electron chi connectivity index (χ2n) is 5.64. The third-order valence-corrected chi connectivity index (χ3v) is 3.91. The average Bonchev–Trinajstić information content (AvgIpc) is 2.64. The number of nitrogens with two attached hydrogens (primary N) is 1. The van der Waals surface area contributed by atoms with E-state index in [-0.39, 0.29) is 11.1 Å². The molecule has 2 aromatic carbocycles. The van der Waals surface area contributed by atoms with Crippen LogP contribution < -0.4 is 16.4 Å². The summed E-state index contributed by atoms with van der Waals surface area (Å²) < 4.78 is 0. The van der Waals surface area contributed by atoms with Crippen molar-refractivity contribution in [2.75, 3.05) is 10.6 Å². The van der Waals surface area contributed by atoms with Gasteiger partial charge >= 0.3 is 0 Å². The third-order valence-electron chi connectivity index (χ3n) is 3.91. The number of nitrogens with one attached hydrogen (secondary N) is 2. The Kier molecular flexibility index (Phi) is 6.12. The van der Waals surface area contributed by atoms with E-state index in [2.05, 4.69) is 10.6 Å². The Labute approximate surface area is 152 Å². The minimum atomic E-state index is -0.600. The zero-order valence-corrected chi connectivity index (χ0v) is 14.7. The Morgan fingerprint density at radius 2 is 1.92 bits per heavy atom. The fourth-order valence-electron chi connectivity index (χ4n) is 2.51. The number of para-hydroxylation sites is 2. The fraction of sp³-hybridized carbons (Fsp3) is 0.150. The molecule has 0 unspecified atom stereocenters. The van der Waals surface area contributed by atoms with Crippen molar-refractivity contribution in [1.29, 1.82) is 5.26 Å². The number of nitriles is 1. The molecular weight excluding hydrogens is 328 g/mol. The maximum atomic E-state index is 12.5. The largest absolute Gasteiger partial charge is 0.366 e. The van der Waals surface area contributed by atoms with Crippen LogP contribution in [0.25, 0.3) is 0 Å². The van der Waals surface area contributed by atoms with Gasteiger partial charge in [-0.1, -0.05) is 37.3 Å². The molecule has 0 aliphatic heterocycles. The van der Waals surface area contributed by atoms with Crippen LogP contribution in [0.3, 0.4) is 0 Å². The molecule has 0 aliphatic carbocycles. The van der Waals surface area contributed by atoms with Crippen molar-refractivity contribution in [3.8, 4) is 6.07 Å². The van der Waals surface area contributed by atoms with Gasteiger partial charge in [0.05, 0.1) is 11.3 Å². The van der Waals surface area contributed by atoms with Crippen LogP contribution in [0.15, 0.2) is 54.2 Å². The molecule has 0 spiro atoms. The van der Waals surface area contributed by atoms with Gasteiger partial charge in [0.1, 0.15) is 11.6 Å². The van der Waals surface area contributed by atoms with Gasteiger partial charge in [-0.2, -0.15) is 5.26 Å². The number of nitrogens with zero attached hydrogens (tertiary/aromatic N) is 1. The first kappa shape index (κ1) is 18.7. The quantitative estimate of drug-likeness (QED) is 0.550. The van der Waals surface area contributed by atoms with Gasteiger partial charge in [-0.3, -0.25) is 9.59 Å². The molecular formula is C20H20N4O2. The van der Waals surface area contributed by atoms with Gasteiger partial charge in [-0.15, -0.1) is 0 Å². The second kappa shape index (κ2) is 8.49. The Morgan fingerprint density at radius 3 is 2.58 bits per heavy atom. The van der Waals surface area contributed by atoms with Crippen LogP contribution in [0.1, 0.15) is 28.4 Å². The van der Waals surface area contributed by atoms with Gasteiger partial charge in [0.15, 0.2) is 0 Å². The summed E-state index contributed by atoms with van der Waals surface area (Å²) in [5.74, 6) is -1.13. The smallest absolute Gasteiger partial charge is 0.267 e. The standard InChI is InChI=1S/C20H20N4O2/c1-3-14-8-6-7-13(2)18(14)24-20(26)15(11-21)12-23-17-10-5-4-9-16(17)19(22)25/h4-10,12,23H,3H2,1-2H3,(H2,22,25)(H,24,26)/b15-12-. The van der Waals surface area contributed by atoms with E-state index in [1.54, 1.807) is 24.3 Å². The highest BCUT2D eigenvalue weighted by Crippen LogP contribution is 2.22. The van der Waals surface area contributed by atoms with E-state index >= 15 is 0 Å². The summed E-state index contributed by atoms with van der Waals surface area (Å²) in [7, 11) is 0. The van der Waals surface area contributed by atoms with Crippen LogP contribution in [-0.4, -0.2) is 11.8 Å². The zero-order chi connectivity index (χ0) is 19.1. The van der Waals surface area contributed by atoms with Crippen LogP contribution in [0.5, 0.6) is 0 Å². The summed E-state index contributed by atoms with van der Waals surface area (Å²) in [5.41, 5.74) is 8.51. The van der Waals surface area contributed by atoms with Crippen molar-refractivity contribution in [2.45, 2.75) is 20.3 Å². The van der Waals surface area contributed by atoms with Crippen molar-refractivity contribution in [2.24, 2.45) is 5.73 Å². The Balaban J connectivity index is 2.24. The molecule has 0 bridgehead atoms. The van der Waals surface area contributed by atoms with Crippen molar-refractivity contribution in [1.82, 2.24) is 0 Å². The van der Waals surface area contributed by atoms with E-state index < -0.39 is 11.8 Å². The zero-order valence-electron chi connectivity index (χ0n) is 14.7. The molecule has 2 amide bonds. The highest BCUT2D eigenvalue weighted by Gasteiger charge is 2.13. The minimum Gasteiger partial charge on any atom is -0.366 e. The summed E-state index contributed by atoms with van der Waals surface area (Å²) in [4.78, 5) is 23.9. The van der Waals surface area contributed by atoms with E-state index in [9.17, 15) is 14.9 Å². The summed E-state index contributed by atoms with van der Waals surface area (Å²) in [6.07, 6.45) is 2.02. The average molecular weight is 348 g/mol. The lowest BCUT2D eigenvalue weighted by molar-refractivity contribution is -0.112. The highest BCUT2D eigenvalue weighted by atomic mass is 16.2. The van der Waals surface area contributed by atoms with E-state index in [1.807, 2.05) is 38.1 Å². The van der Waals surface area contributed by atoms with Gasteiger partial charge in [0.25, 0.3) is 11.8 Å². The number of benzene rings is 2. The number of rotatable bonds is 6. The van der Waals surface area contributed by atoms with Crippen LogP contribution >= 0.6 is 0 Å². The van der Waals surface area contributed by atoms with E-state index in [4.69, 9.17) is 5.73 Å². The lowest BCUT2D eigenvalue weighted by Gasteiger charge is -2.13. The van der Waals surface area contributed by atoms with E-state index in [1.165, 1.54) is 6.20 Å². The molecule has 2 aromatic rings. The van der Waals surface area contributed by atoms with Gasteiger partial charge < -0.3 is 16.4 Å². The summed E-state index contributed by atoms with van der Waals surface area (Å²) in [6.45, 7) is 3.89. The minimum absolute atomic E-state index is 0.116. The maximum Gasteiger partial charge on any atom is 0.267 e. The Bertz CT molecular complexity index is 910. The predicted molar refractivity (Wildman–Crippen MR) is 101 cm³/mol. The number of anilines is 2. The first-order chi connectivity index (χ1) is 12.5. The topological polar surface area (TPSA) is 108 Å². The lowest BCUT2D eigenvalue weighted by atomic mass is 10.1. The number of hydrogen-bond acceptors (Lipinski definition) is 4. The third kappa shape index (κ3) is 4.28. The highest BCUT2D eigenvalue weighted by molar-refractivity contribution is 6.07. The molecule has 2 rings (SSSR count). The number of carbonyl (C=O) groups is 2. The van der Waals surface area contributed by atoms with Crippen molar-refractivity contribution in [3.63, 3.8) is 0 Å². The first-order valence-electron chi connectivity index (χ1n) is 8.13. The molecule has 4 N–H and O–H groups in total. The van der Waals surface area contributed by atoms with Crippen LogP contribution in [0.4, 0.5) is 11.4 Å². The monoisotopic (exact) mass is 348 g/mol. The maximum absolute atomic E-state index is 12.5. The molecule has 0 radical (unpaired) electrons. The van der Waals surface area contributed by atoms with Crippen molar-refractivity contribution >= 4 is 23.2 Å². The molecule has 0 aromatic heterocycles. The second-order valence-corrected chi connectivity index (χ2v) is 5.64. The summed E-state index contributed by atoms with van der Waals surface area (Å²) in [6, 6.07) is 14.2. The number of aryl methyl sites for hydroxylation is 2. The molecule has 6 nitrogen and oxygen atoms in total. The molecule has 0 aliphatic rings. The Hall–Kier alpha value is -3.59. The molecule has 132 valence electrons. The normalized spacial score (nSPS) is 10.7. The molecule has 26 heavy (non-hydrogen) atoms. The van der Waals surface area contributed by atoms with Crippen LogP contribution in [-0.2, 0) is 11.2 Å². The van der Waals surface area contributed by atoms with Gasteiger partial charge in [0, 0.05) is 11.9 Å². The molecule has 0 atom stereocenters. The SMILES string of the molecule is CCc1cccc(C)c1NC(=O)/C(C#N)=C\Nc1ccccc1C(N)=O. The van der Waals surface area contributed by atoms with Gasteiger partial charge in [-0.05, 0) is 36.6 Å². The fourth-order valence-corrected chi connectivity index (χ4v) is 2.51. The molecule has 0 saturated heterocycles. The molecule has 0 saturated carbocycles. The van der Waals surface area contributed by atoms with Gasteiger partial charge in [-0.25, -0.2) is 0 Å². The van der Waals surface area contributed by atoms with E-state index in [0.717, 1.165) is 17.5 Å². The van der Waals surface area contributed by atoms with Gasteiger partial charge in [0.2, 0.25) is 0 Å². The van der Waals surface area contributed by atoms with Crippen LogP contribution in [0, 0.1) is 18.3 Å². The molecule has 6 heteroatoms. The number of hydrogen-bond donors (Lipinski definition) is 3. The predicted octanol–water partition coefficient (Wildman–Crippen LogP) is 3.11. The summed E-state index contributed by atoms with van der Waals surface area (Å²) in [5, 5.41) is 14.9. The lowest BCUT2D eigenvalue weighted by Crippen LogP contribution is -2.17. The first-order valence-corrected chi connectivity index (χ1v) is 8.13. The number of primary amides is 1. The van der Waals surface area contributed by atoms with Crippen molar-refractivity contribution in [3.05, 3.63) is 70.9 Å².